The third kappa shape index (κ3) is 3.10. The molecule has 1 aliphatic rings. The number of ether oxygens (including phenoxy) is 1. The Balaban J connectivity index is 1.56. The van der Waals surface area contributed by atoms with Crippen LogP contribution in [-0.4, -0.2) is 18.3 Å². The zero-order chi connectivity index (χ0) is 17.4. The Morgan fingerprint density at radius 2 is 1.96 bits per heavy atom. The maximum atomic E-state index is 5.31. The lowest BCUT2D eigenvalue weighted by Crippen LogP contribution is -1.88. The molecule has 1 heterocycles. The molecule has 0 fully saturated rings. The highest BCUT2D eigenvalue weighted by atomic mass is 32.1. The number of nitrogens with zero attached hydrogens (tertiary/aromatic N) is 2. The molecule has 1 aromatic heterocycles. The molecule has 3 aromatic rings. The summed E-state index contributed by atoms with van der Waals surface area (Å²) in [5, 5.41) is 0.819. The van der Waals surface area contributed by atoms with Crippen molar-refractivity contribution in [3.8, 4) is 17.0 Å². The third-order valence-corrected chi connectivity index (χ3v) is 5.50. The molecule has 0 saturated carbocycles. The van der Waals surface area contributed by atoms with Gasteiger partial charge in [-0.05, 0) is 40.8 Å². The zero-order valence-corrected chi connectivity index (χ0v) is 15.4. The normalized spacial score (nSPS) is 12.6. The quantitative estimate of drug-likeness (QED) is 0.450. The number of rotatable bonds is 4. The second-order valence-corrected chi connectivity index (χ2v) is 7.61. The lowest BCUT2D eigenvalue weighted by Gasteiger charge is -2.04. The molecule has 1 aliphatic carbocycles. The number of thiazole rings is 1. The Hall–Kier alpha value is -2.46. The largest absolute Gasteiger partial charge is 0.497 e. The molecule has 0 amide bonds. The number of methoxy groups -OCH3 is 1. The first kappa shape index (κ1) is 16.0. The van der Waals surface area contributed by atoms with Gasteiger partial charge in [0.2, 0.25) is 5.13 Å². The van der Waals surface area contributed by atoms with E-state index in [0.717, 1.165) is 28.6 Å². The van der Waals surface area contributed by atoms with Crippen LogP contribution in [0.25, 0.3) is 11.3 Å². The monoisotopic (exact) mass is 348 g/mol. The van der Waals surface area contributed by atoms with Gasteiger partial charge in [0.1, 0.15) is 5.75 Å². The molecule has 0 radical (unpaired) electrons. The number of hydrogen-bond acceptors (Lipinski definition) is 4. The minimum atomic E-state index is 0.548. The first-order valence-electron chi connectivity index (χ1n) is 8.45. The van der Waals surface area contributed by atoms with Crippen LogP contribution in [0.2, 0.25) is 0 Å². The highest BCUT2D eigenvalue weighted by Crippen LogP contribution is 2.42. The van der Waals surface area contributed by atoms with Crippen LogP contribution < -0.4 is 4.74 Å². The predicted molar refractivity (Wildman–Crippen MR) is 105 cm³/mol. The van der Waals surface area contributed by atoms with Crippen molar-refractivity contribution in [3.05, 3.63) is 64.0 Å². The molecule has 0 atom stereocenters. The fraction of sp³-hybridized carbons (Fsp3) is 0.238. The van der Waals surface area contributed by atoms with Gasteiger partial charge in [-0.15, -0.1) is 0 Å². The minimum Gasteiger partial charge on any atom is -0.497 e. The lowest BCUT2D eigenvalue weighted by atomic mass is 10.0. The van der Waals surface area contributed by atoms with E-state index in [2.05, 4.69) is 55.2 Å². The first-order valence-corrected chi connectivity index (χ1v) is 9.26. The second kappa shape index (κ2) is 6.45. The summed E-state index contributed by atoms with van der Waals surface area (Å²) >= 11 is 1.67. The maximum absolute atomic E-state index is 5.31. The predicted octanol–water partition coefficient (Wildman–Crippen LogP) is 5.60. The molecule has 0 spiro atoms. The summed E-state index contributed by atoms with van der Waals surface area (Å²) in [7, 11) is 1.70. The molecule has 126 valence electrons. The zero-order valence-electron chi connectivity index (χ0n) is 14.6. The van der Waals surface area contributed by atoms with Gasteiger partial charge in [0.25, 0.3) is 0 Å². The summed E-state index contributed by atoms with van der Waals surface area (Å²) in [4.78, 5) is 10.6. The van der Waals surface area contributed by atoms with Gasteiger partial charge in [0, 0.05) is 23.1 Å². The van der Waals surface area contributed by atoms with Crippen molar-refractivity contribution in [2.75, 3.05) is 7.11 Å². The number of aliphatic imine (C=N–C) groups is 1. The van der Waals surface area contributed by atoms with E-state index < -0.39 is 0 Å². The summed E-state index contributed by atoms with van der Waals surface area (Å²) in [5.74, 6) is 1.45. The number of fused-ring (bicyclic) bond motifs is 3. The molecule has 4 rings (SSSR count). The Kier molecular flexibility index (Phi) is 4.14. The van der Waals surface area contributed by atoms with Gasteiger partial charge >= 0.3 is 0 Å². The summed E-state index contributed by atoms with van der Waals surface area (Å²) in [6, 6.07) is 14.7. The number of aromatic nitrogens is 1. The van der Waals surface area contributed by atoms with Crippen molar-refractivity contribution in [3.63, 3.8) is 0 Å². The van der Waals surface area contributed by atoms with Crippen LogP contribution in [0, 0.1) is 0 Å². The van der Waals surface area contributed by atoms with Crippen LogP contribution in [0.4, 0.5) is 5.13 Å². The molecular weight excluding hydrogens is 328 g/mol. The van der Waals surface area contributed by atoms with Gasteiger partial charge in [-0.2, -0.15) is 0 Å². The topological polar surface area (TPSA) is 34.5 Å². The van der Waals surface area contributed by atoms with E-state index in [1.165, 1.54) is 21.6 Å². The second-order valence-electron chi connectivity index (χ2n) is 6.55. The summed E-state index contributed by atoms with van der Waals surface area (Å²) in [6.07, 6.45) is 2.81. The van der Waals surface area contributed by atoms with E-state index in [4.69, 9.17) is 9.72 Å². The molecule has 0 N–H and O–H groups in total. The summed E-state index contributed by atoms with van der Waals surface area (Å²) in [5.41, 5.74) is 6.01. The highest BCUT2D eigenvalue weighted by Gasteiger charge is 2.23. The Morgan fingerprint density at radius 1 is 1.16 bits per heavy atom. The van der Waals surface area contributed by atoms with Gasteiger partial charge in [0.05, 0.1) is 12.8 Å². The Labute approximate surface area is 152 Å². The fourth-order valence-electron chi connectivity index (χ4n) is 3.07. The Morgan fingerprint density at radius 3 is 2.68 bits per heavy atom. The smallest absolute Gasteiger partial charge is 0.209 e. The van der Waals surface area contributed by atoms with Crippen molar-refractivity contribution in [1.29, 1.82) is 0 Å². The molecule has 4 heteroatoms. The van der Waals surface area contributed by atoms with E-state index >= 15 is 0 Å². The van der Waals surface area contributed by atoms with Crippen molar-refractivity contribution in [2.45, 2.75) is 26.2 Å². The lowest BCUT2D eigenvalue weighted by molar-refractivity contribution is 0.414. The SMILES string of the molecule is COc1ccc2c(c1)Cc1sc(N=Cc3ccc(C(C)C)cc3)nc1-2. The van der Waals surface area contributed by atoms with Crippen LogP contribution >= 0.6 is 11.3 Å². The van der Waals surface area contributed by atoms with Gasteiger partial charge in [-0.25, -0.2) is 9.98 Å². The minimum absolute atomic E-state index is 0.548. The van der Waals surface area contributed by atoms with E-state index in [1.54, 1.807) is 18.4 Å². The molecule has 2 aromatic carbocycles. The van der Waals surface area contributed by atoms with E-state index in [-0.39, 0.29) is 0 Å². The van der Waals surface area contributed by atoms with Gasteiger partial charge in [-0.1, -0.05) is 49.4 Å². The van der Waals surface area contributed by atoms with Crippen molar-refractivity contribution in [1.82, 2.24) is 4.98 Å². The van der Waals surface area contributed by atoms with Crippen LogP contribution in [0.1, 0.15) is 41.3 Å². The van der Waals surface area contributed by atoms with Crippen LogP contribution in [0.15, 0.2) is 47.5 Å². The summed E-state index contributed by atoms with van der Waals surface area (Å²) in [6.45, 7) is 4.40. The number of benzene rings is 2. The van der Waals surface area contributed by atoms with Crippen molar-refractivity contribution >= 4 is 22.7 Å². The molecule has 0 bridgehead atoms. The van der Waals surface area contributed by atoms with Crippen LogP contribution in [-0.2, 0) is 6.42 Å². The molecule has 3 nitrogen and oxygen atoms in total. The molecule has 0 aliphatic heterocycles. The molecule has 0 saturated heterocycles. The van der Waals surface area contributed by atoms with Gasteiger partial charge < -0.3 is 4.74 Å². The molecular formula is C21H20N2OS. The van der Waals surface area contributed by atoms with Gasteiger partial charge in [-0.3, -0.25) is 0 Å². The standard InChI is InChI=1S/C21H20N2OS/c1-13(2)15-6-4-14(5-7-15)12-22-21-23-20-18-9-8-17(24-3)10-16(18)11-19(20)25-21/h4-10,12-13H,11H2,1-3H3. The first-order chi connectivity index (χ1) is 12.1. The summed E-state index contributed by atoms with van der Waals surface area (Å²) < 4.78 is 5.31. The molecule has 0 unspecified atom stereocenters. The van der Waals surface area contributed by atoms with E-state index in [0.29, 0.717) is 5.92 Å². The average Bonchev–Trinajstić information content (AvgIpc) is 3.16. The number of hydrogen-bond donors (Lipinski definition) is 0. The average molecular weight is 348 g/mol. The van der Waals surface area contributed by atoms with Crippen LogP contribution in [0.5, 0.6) is 5.75 Å². The highest BCUT2D eigenvalue weighted by molar-refractivity contribution is 7.15. The maximum Gasteiger partial charge on any atom is 0.209 e. The van der Waals surface area contributed by atoms with Crippen molar-refractivity contribution < 1.29 is 4.74 Å². The fourth-order valence-corrected chi connectivity index (χ4v) is 4.01. The Bertz CT molecular complexity index is 939. The van der Waals surface area contributed by atoms with Crippen LogP contribution in [0.3, 0.4) is 0 Å². The third-order valence-electron chi connectivity index (χ3n) is 4.53. The molecule has 25 heavy (non-hydrogen) atoms. The van der Waals surface area contributed by atoms with E-state index in [9.17, 15) is 0 Å². The van der Waals surface area contributed by atoms with Gasteiger partial charge in [0.15, 0.2) is 0 Å². The van der Waals surface area contributed by atoms with Crippen molar-refractivity contribution in [2.24, 2.45) is 4.99 Å². The van der Waals surface area contributed by atoms with E-state index in [1.807, 2.05) is 12.3 Å².